The van der Waals surface area contributed by atoms with Crippen LogP contribution < -0.4 is 4.72 Å². The second-order valence-electron chi connectivity index (χ2n) is 4.22. The van der Waals surface area contributed by atoms with E-state index in [-0.39, 0.29) is 10.0 Å². The first kappa shape index (κ1) is 15.8. The molecule has 0 fully saturated rings. The van der Waals surface area contributed by atoms with Gasteiger partial charge < -0.3 is 0 Å². The van der Waals surface area contributed by atoms with Gasteiger partial charge in [0.05, 0.1) is 11.2 Å². The molecule has 104 valence electrons. The molecule has 1 atom stereocenters. The van der Waals surface area contributed by atoms with Crippen LogP contribution in [0.4, 0.5) is 0 Å². The van der Waals surface area contributed by atoms with Gasteiger partial charge in [0.25, 0.3) is 10.0 Å². The van der Waals surface area contributed by atoms with Gasteiger partial charge in [-0.15, -0.1) is 11.6 Å². The van der Waals surface area contributed by atoms with Gasteiger partial charge in [0.1, 0.15) is 0 Å². The lowest BCUT2D eigenvalue weighted by Crippen LogP contribution is -2.27. The van der Waals surface area contributed by atoms with Crippen molar-refractivity contribution in [1.29, 1.82) is 0 Å². The molecule has 1 heterocycles. The van der Waals surface area contributed by atoms with E-state index in [0.717, 1.165) is 12.8 Å². The summed E-state index contributed by atoms with van der Waals surface area (Å²) in [6.07, 6.45) is 2.93. The summed E-state index contributed by atoms with van der Waals surface area (Å²) in [6.45, 7) is 2.39. The number of nitrogens with one attached hydrogen (secondary N) is 1. The molecule has 0 amide bonds. The number of aryl methyl sites for hydroxylation is 1. The van der Waals surface area contributed by atoms with E-state index < -0.39 is 10.0 Å². The lowest BCUT2D eigenvalue weighted by atomic mass is 10.1. The van der Waals surface area contributed by atoms with Crippen molar-refractivity contribution < 1.29 is 8.42 Å². The summed E-state index contributed by atoms with van der Waals surface area (Å²) in [4.78, 5) is 0. The molecule has 1 N–H and O–H groups in total. The highest BCUT2D eigenvalue weighted by Gasteiger charge is 2.21. The Morgan fingerprint density at radius 3 is 2.72 bits per heavy atom. The van der Waals surface area contributed by atoms with Crippen LogP contribution in [-0.4, -0.2) is 30.6 Å². The van der Waals surface area contributed by atoms with Crippen molar-refractivity contribution in [3.8, 4) is 0 Å². The molecule has 0 bridgehead atoms. The van der Waals surface area contributed by atoms with Crippen molar-refractivity contribution in [3.63, 3.8) is 0 Å². The summed E-state index contributed by atoms with van der Waals surface area (Å²) in [5, 5.41) is 3.92. The molecule has 0 saturated heterocycles. The molecule has 1 aromatic rings. The van der Waals surface area contributed by atoms with E-state index >= 15 is 0 Å². The minimum absolute atomic E-state index is 0.00504. The molecular formula is C10H17Cl2N3O2S. The number of alkyl halides is 1. The molecule has 0 aliphatic heterocycles. The van der Waals surface area contributed by atoms with E-state index in [0.29, 0.717) is 18.3 Å². The van der Waals surface area contributed by atoms with Crippen molar-refractivity contribution in [2.45, 2.75) is 24.8 Å². The van der Waals surface area contributed by atoms with Gasteiger partial charge in [-0.05, 0) is 18.8 Å². The Labute approximate surface area is 118 Å². The molecule has 1 rings (SSSR count). The largest absolute Gasteiger partial charge is 0.259 e. The SMILES string of the molecule is CC(CCl)CCCNS(=O)(=O)c1c(Cl)cnn1C. The summed E-state index contributed by atoms with van der Waals surface area (Å²) >= 11 is 11.5. The van der Waals surface area contributed by atoms with Crippen molar-refractivity contribution in [3.05, 3.63) is 11.2 Å². The third-order valence-corrected chi connectivity index (χ3v) is 5.02. The maximum Gasteiger partial charge on any atom is 0.259 e. The van der Waals surface area contributed by atoms with Gasteiger partial charge in [-0.1, -0.05) is 18.5 Å². The average molecular weight is 314 g/mol. The number of aromatic nitrogens is 2. The van der Waals surface area contributed by atoms with E-state index in [1.807, 2.05) is 6.92 Å². The lowest BCUT2D eigenvalue weighted by molar-refractivity contribution is 0.536. The highest BCUT2D eigenvalue weighted by atomic mass is 35.5. The highest BCUT2D eigenvalue weighted by molar-refractivity contribution is 7.89. The summed E-state index contributed by atoms with van der Waals surface area (Å²) in [5.74, 6) is 0.969. The maximum absolute atomic E-state index is 12.0. The molecular weight excluding hydrogens is 297 g/mol. The van der Waals surface area contributed by atoms with Gasteiger partial charge in [0.15, 0.2) is 5.03 Å². The standard InChI is InChI=1S/C10H17Cl2N3O2S/c1-8(6-11)4-3-5-14-18(16,17)10-9(12)7-13-15(10)2/h7-8,14H,3-6H2,1-2H3. The van der Waals surface area contributed by atoms with Gasteiger partial charge in [0.2, 0.25) is 0 Å². The minimum Gasteiger partial charge on any atom is -0.255 e. The second kappa shape index (κ2) is 6.75. The number of rotatable bonds is 7. The fourth-order valence-electron chi connectivity index (χ4n) is 1.50. The zero-order valence-electron chi connectivity index (χ0n) is 10.4. The van der Waals surface area contributed by atoms with Crippen LogP contribution in [0.5, 0.6) is 0 Å². The number of sulfonamides is 1. The van der Waals surface area contributed by atoms with Crippen LogP contribution in [0.25, 0.3) is 0 Å². The van der Waals surface area contributed by atoms with E-state index in [4.69, 9.17) is 23.2 Å². The number of nitrogens with zero attached hydrogens (tertiary/aromatic N) is 2. The second-order valence-corrected chi connectivity index (χ2v) is 6.62. The van der Waals surface area contributed by atoms with Gasteiger partial charge in [0, 0.05) is 19.5 Å². The van der Waals surface area contributed by atoms with Crippen LogP contribution in [0.15, 0.2) is 11.2 Å². The van der Waals surface area contributed by atoms with Crippen molar-refractivity contribution in [1.82, 2.24) is 14.5 Å². The Morgan fingerprint density at radius 1 is 1.56 bits per heavy atom. The van der Waals surface area contributed by atoms with Crippen LogP contribution >= 0.6 is 23.2 Å². The van der Waals surface area contributed by atoms with Crippen LogP contribution in [0.1, 0.15) is 19.8 Å². The van der Waals surface area contributed by atoms with Crippen LogP contribution in [0.3, 0.4) is 0 Å². The average Bonchev–Trinajstić information content (AvgIpc) is 2.64. The molecule has 5 nitrogen and oxygen atoms in total. The quantitative estimate of drug-likeness (QED) is 0.618. The van der Waals surface area contributed by atoms with Crippen molar-refractivity contribution in [2.24, 2.45) is 13.0 Å². The van der Waals surface area contributed by atoms with Gasteiger partial charge in [-0.3, -0.25) is 4.68 Å². The Morgan fingerprint density at radius 2 is 2.22 bits per heavy atom. The zero-order chi connectivity index (χ0) is 13.8. The van der Waals surface area contributed by atoms with E-state index in [9.17, 15) is 8.42 Å². The summed E-state index contributed by atoms with van der Waals surface area (Å²) < 4.78 is 27.7. The third-order valence-electron chi connectivity index (χ3n) is 2.53. The molecule has 0 radical (unpaired) electrons. The molecule has 0 spiro atoms. The smallest absolute Gasteiger partial charge is 0.255 e. The van der Waals surface area contributed by atoms with Crippen molar-refractivity contribution >= 4 is 33.2 Å². The van der Waals surface area contributed by atoms with Crippen LogP contribution in [-0.2, 0) is 17.1 Å². The van der Waals surface area contributed by atoms with E-state index in [1.165, 1.54) is 17.9 Å². The van der Waals surface area contributed by atoms with Crippen LogP contribution in [0.2, 0.25) is 5.02 Å². The molecule has 18 heavy (non-hydrogen) atoms. The predicted octanol–water partition coefficient (Wildman–Crippen LogP) is 2.01. The number of halogens is 2. The molecule has 0 aliphatic carbocycles. The first-order valence-electron chi connectivity index (χ1n) is 5.61. The van der Waals surface area contributed by atoms with Crippen LogP contribution in [0, 0.1) is 5.92 Å². The molecule has 1 unspecified atom stereocenters. The minimum atomic E-state index is -3.60. The van der Waals surface area contributed by atoms with Crippen molar-refractivity contribution in [2.75, 3.05) is 12.4 Å². The fraction of sp³-hybridized carbons (Fsp3) is 0.700. The fourth-order valence-corrected chi connectivity index (χ4v) is 3.38. The summed E-state index contributed by atoms with van der Waals surface area (Å²) in [6, 6.07) is 0. The van der Waals surface area contributed by atoms with Gasteiger partial charge in [-0.25, -0.2) is 13.1 Å². The molecule has 8 heteroatoms. The zero-order valence-corrected chi connectivity index (χ0v) is 12.7. The number of hydrogen-bond donors (Lipinski definition) is 1. The summed E-state index contributed by atoms with van der Waals surface area (Å²) in [7, 11) is -2.06. The lowest BCUT2D eigenvalue weighted by Gasteiger charge is -2.09. The van der Waals surface area contributed by atoms with Gasteiger partial charge >= 0.3 is 0 Å². The van der Waals surface area contributed by atoms with E-state index in [1.54, 1.807) is 0 Å². The van der Waals surface area contributed by atoms with E-state index in [2.05, 4.69) is 9.82 Å². The van der Waals surface area contributed by atoms with Gasteiger partial charge in [-0.2, -0.15) is 5.10 Å². The Kier molecular flexibility index (Phi) is 5.91. The first-order chi connectivity index (χ1) is 8.38. The normalized spacial score (nSPS) is 13.8. The Bertz CT molecular complexity index is 468. The Balaban J connectivity index is 2.56. The topological polar surface area (TPSA) is 64.0 Å². The molecule has 1 aromatic heterocycles. The predicted molar refractivity (Wildman–Crippen MR) is 72.5 cm³/mol. The molecule has 0 aliphatic rings. The highest BCUT2D eigenvalue weighted by Crippen LogP contribution is 2.19. The number of hydrogen-bond acceptors (Lipinski definition) is 3. The summed E-state index contributed by atoms with van der Waals surface area (Å²) in [5.41, 5.74) is 0. The third kappa shape index (κ3) is 4.12. The Hall–Kier alpha value is -0.300. The molecule has 0 aromatic carbocycles. The first-order valence-corrected chi connectivity index (χ1v) is 8.01. The monoisotopic (exact) mass is 313 g/mol. The maximum atomic E-state index is 12.0. The molecule has 0 saturated carbocycles.